The molecule has 4 nitrogen and oxygen atoms in total. The van der Waals surface area contributed by atoms with Crippen molar-refractivity contribution >= 4 is 11.7 Å². The molecule has 1 aliphatic carbocycles. The van der Waals surface area contributed by atoms with Gasteiger partial charge in [-0.25, -0.2) is 9.18 Å². The summed E-state index contributed by atoms with van der Waals surface area (Å²) >= 11 is 0. The Balaban J connectivity index is 2.09. The minimum Gasteiger partial charge on any atom is -0.491 e. The second kappa shape index (κ2) is 7.06. The van der Waals surface area contributed by atoms with Crippen LogP contribution in [0, 0.1) is 11.7 Å². The minimum absolute atomic E-state index is 0.0659. The predicted octanol–water partition coefficient (Wildman–Crippen LogP) is 3.52. The molecule has 1 saturated carbocycles. The molecule has 0 aliphatic heterocycles. The average Bonchev–Trinajstić information content (AvgIpc) is 3.29. The van der Waals surface area contributed by atoms with Gasteiger partial charge in [-0.2, -0.15) is 13.2 Å². The highest BCUT2D eigenvalue weighted by Gasteiger charge is 2.37. The third-order valence-corrected chi connectivity index (χ3v) is 3.45. The average molecular weight is 335 g/mol. The van der Waals surface area contributed by atoms with E-state index in [2.05, 4.69) is 5.32 Å². The summed E-state index contributed by atoms with van der Waals surface area (Å²) < 4.78 is 59.6. The number of rotatable bonds is 7. The maximum atomic E-state index is 13.3. The van der Waals surface area contributed by atoms with Gasteiger partial charge in [0, 0.05) is 6.07 Å². The van der Waals surface area contributed by atoms with E-state index < -0.39 is 37.0 Å². The van der Waals surface area contributed by atoms with Crippen LogP contribution < -0.4 is 10.1 Å². The largest absolute Gasteiger partial charge is 0.491 e. The van der Waals surface area contributed by atoms with Crippen LogP contribution in [0.5, 0.6) is 5.75 Å². The van der Waals surface area contributed by atoms with E-state index in [0.717, 1.165) is 25.0 Å². The van der Waals surface area contributed by atoms with E-state index in [0.29, 0.717) is 0 Å². The number of benzene rings is 1. The van der Waals surface area contributed by atoms with Crippen LogP contribution in [-0.2, 0) is 9.53 Å². The molecule has 0 aromatic heterocycles. The Bertz CT molecular complexity index is 558. The molecule has 8 heteroatoms. The summed E-state index contributed by atoms with van der Waals surface area (Å²) in [6.45, 7) is -0.631. The van der Waals surface area contributed by atoms with Crippen LogP contribution in [0.2, 0.25) is 0 Å². The van der Waals surface area contributed by atoms with Crippen LogP contribution in [0.3, 0.4) is 0 Å². The highest BCUT2D eigenvalue weighted by atomic mass is 19.4. The van der Waals surface area contributed by atoms with Gasteiger partial charge in [0.2, 0.25) is 0 Å². The molecule has 0 radical (unpaired) electrons. The summed E-state index contributed by atoms with van der Waals surface area (Å²) in [6.07, 6.45) is -3.81. The standard InChI is InChI=1S/C15H17F4NO3/c1-22-14(21)13(9-2-3-9)20-11-5-4-10(16)8-12(11)23-7-6-15(17,18)19/h4-5,8-9,13,20H,2-3,6-7H2,1H3. The van der Waals surface area contributed by atoms with E-state index in [1.54, 1.807) is 0 Å². The number of alkyl halides is 3. The van der Waals surface area contributed by atoms with E-state index in [1.165, 1.54) is 13.2 Å². The first kappa shape index (κ1) is 17.4. The van der Waals surface area contributed by atoms with Gasteiger partial charge in [-0.1, -0.05) is 0 Å². The molecule has 1 aromatic carbocycles. The Labute approximate surface area is 130 Å². The number of methoxy groups -OCH3 is 1. The molecule has 128 valence electrons. The van der Waals surface area contributed by atoms with Crippen molar-refractivity contribution in [2.75, 3.05) is 19.0 Å². The second-order valence-corrected chi connectivity index (χ2v) is 5.34. The highest BCUT2D eigenvalue weighted by molar-refractivity contribution is 5.80. The lowest BCUT2D eigenvalue weighted by Gasteiger charge is -2.20. The van der Waals surface area contributed by atoms with Crippen LogP contribution >= 0.6 is 0 Å². The number of esters is 1. The molecule has 0 amide bonds. The molecular weight excluding hydrogens is 318 g/mol. The molecule has 0 saturated heterocycles. The maximum Gasteiger partial charge on any atom is 0.392 e. The van der Waals surface area contributed by atoms with E-state index in [-0.39, 0.29) is 17.4 Å². The van der Waals surface area contributed by atoms with Crippen molar-refractivity contribution in [1.29, 1.82) is 0 Å². The topological polar surface area (TPSA) is 47.6 Å². The fourth-order valence-corrected chi connectivity index (χ4v) is 2.10. The maximum absolute atomic E-state index is 13.3. The lowest BCUT2D eigenvalue weighted by molar-refractivity contribution is -0.142. The molecule has 1 aliphatic rings. The van der Waals surface area contributed by atoms with Gasteiger partial charge >= 0.3 is 12.1 Å². The van der Waals surface area contributed by atoms with Crippen molar-refractivity contribution in [3.63, 3.8) is 0 Å². The van der Waals surface area contributed by atoms with Gasteiger partial charge in [-0.05, 0) is 30.9 Å². The van der Waals surface area contributed by atoms with Crippen LogP contribution in [0.1, 0.15) is 19.3 Å². The Morgan fingerprint density at radius 1 is 1.39 bits per heavy atom. The third kappa shape index (κ3) is 5.30. The van der Waals surface area contributed by atoms with Crippen molar-refractivity contribution in [2.24, 2.45) is 5.92 Å². The first-order valence-electron chi connectivity index (χ1n) is 7.13. The van der Waals surface area contributed by atoms with Crippen LogP contribution in [0.15, 0.2) is 18.2 Å². The van der Waals surface area contributed by atoms with Gasteiger partial charge in [0.15, 0.2) is 0 Å². The summed E-state index contributed by atoms with van der Waals surface area (Å²) in [5, 5.41) is 2.89. The number of ether oxygens (including phenoxy) is 2. The summed E-state index contributed by atoms with van der Waals surface area (Å²) in [5.74, 6) is -1.09. The number of halogens is 4. The Morgan fingerprint density at radius 3 is 2.65 bits per heavy atom. The van der Waals surface area contributed by atoms with E-state index in [4.69, 9.17) is 9.47 Å². The van der Waals surface area contributed by atoms with Gasteiger partial charge in [0.05, 0.1) is 25.8 Å². The zero-order chi connectivity index (χ0) is 17.0. The normalized spacial score (nSPS) is 15.9. The molecule has 1 aromatic rings. The van der Waals surface area contributed by atoms with Crippen molar-refractivity contribution in [3.05, 3.63) is 24.0 Å². The number of nitrogens with one attached hydrogen (secondary N) is 1. The van der Waals surface area contributed by atoms with Gasteiger partial charge in [-0.3, -0.25) is 0 Å². The van der Waals surface area contributed by atoms with E-state index in [1.807, 2.05) is 0 Å². The number of hydrogen-bond acceptors (Lipinski definition) is 4. The van der Waals surface area contributed by atoms with Crippen molar-refractivity contribution in [3.8, 4) is 5.75 Å². The fourth-order valence-electron chi connectivity index (χ4n) is 2.10. The lowest BCUT2D eigenvalue weighted by Crippen LogP contribution is -2.32. The molecule has 2 rings (SSSR count). The molecule has 1 N–H and O–H groups in total. The van der Waals surface area contributed by atoms with Crippen molar-refractivity contribution < 1.29 is 31.8 Å². The second-order valence-electron chi connectivity index (χ2n) is 5.34. The Morgan fingerprint density at radius 2 is 2.09 bits per heavy atom. The zero-order valence-electron chi connectivity index (χ0n) is 12.5. The summed E-state index contributed by atoms with van der Waals surface area (Å²) in [6, 6.07) is 2.83. The third-order valence-electron chi connectivity index (χ3n) is 3.45. The molecule has 1 fully saturated rings. The fraction of sp³-hybridized carbons (Fsp3) is 0.533. The molecule has 1 unspecified atom stereocenters. The first-order valence-corrected chi connectivity index (χ1v) is 7.13. The Hall–Kier alpha value is -1.99. The molecule has 0 heterocycles. The summed E-state index contributed by atoms with van der Waals surface area (Å²) in [5.41, 5.74) is 0.260. The lowest BCUT2D eigenvalue weighted by atomic mass is 10.1. The van der Waals surface area contributed by atoms with E-state index >= 15 is 0 Å². The zero-order valence-corrected chi connectivity index (χ0v) is 12.5. The molecule has 0 bridgehead atoms. The number of anilines is 1. The number of carbonyl (C=O) groups excluding carboxylic acids is 1. The van der Waals surface area contributed by atoms with Crippen molar-refractivity contribution in [1.82, 2.24) is 0 Å². The van der Waals surface area contributed by atoms with Gasteiger partial charge < -0.3 is 14.8 Å². The van der Waals surface area contributed by atoms with Crippen LogP contribution in [-0.4, -0.2) is 31.9 Å². The molecule has 23 heavy (non-hydrogen) atoms. The summed E-state index contributed by atoms with van der Waals surface area (Å²) in [4.78, 5) is 11.8. The van der Waals surface area contributed by atoms with Gasteiger partial charge in [0.1, 0.15) is 17.6 Å². The van der Waals surface area contributed by atoms with Crippen LogP contribution in [0.4, 0.5) is 23.2 Å². The SMILES string of the molecule is COC(=O)C(Nc1ccc(F)cc1OCCC(F)(F)F)C1CC1. The molecular formula is C15H17F4NO3. The quantitative estimate of drug-likeness (QED) is 0.612. The van der Waals surface area contributed by atoms with Crippen molar-refractivity contribution in [2.45, 2.75) is 31.5 Å². The minimum atomic E-state index is -4.36. The first-order chi connectivity index (χ1) is 10.8. The number of carbonyl (C=O) groups is 1. The van der Waals surface area contributed by atoms with E-state index in [9.17, 15) is 22.4 Å². The smallest absolute Gasteiger partial charge is 0.392 e. The van der Waals surface area contributed by atoms with Crippen LogP contribution in [0.25, 0.3) is 0 Å². The van der Waals surface area contributed by atoms with Gasteiger partial charge in [-0.15, -0.1) is 0 Å². The molecule has 0 spiro atoms. The Kier molecular flexibility index (Phi) is 5.33. The highest BCUT2D eigenvalue weighted by Crippen LogP contribution is 2.37. The number of hydrogen-bond donors (Lipinski definition) is 1. The summed E-state index contributed by atoms with van der Waals surface area (Å²) in [7, 11) is 1.25. The predicted molar refractivity (Wildman–Crippen MR) is 74.7 cm³/mol. The monoisotopic (exact) mass is 335 g/mol. The van der Waals surface area contributed by atoms with Gasteiger partial charge in [0.25, 0.3) is 0 Å². The molecule has 1 atom stereocenters.